The van der Waals surface area contributed by atoms with Crippen molar-refractivity contribution < 1.29 is 9.90 Å². The topological polar surface area (TPSA) is 49.3 Å². The summed E-state index contributed by atoms with van der Waals surface area (Å²) >= 11 is 1.30. The molecule has 0 saturated carbocycles. The Hall–Kier alpha value is -1.81. The van der Waals surface area contributed by atoms with Gasteiger partial charge in [0, 0.05) is 10.4 Å². The zero-order valence-electron chi connectivity index (χ0n) is 11.2. The molecule has 0 fully saturated rings. The van der Waals surface area contributed by atoms with Gasteiger partial charge in [-0.15, -0.1) is 11.3 Å². The first-order chi connectivity index (χ1) is 8.87. The van der Waals surface area contributed by atoms with Gasteiger partial charge in [0.2, 0.25) is 0 Å². The Balaban J connectivity index is 2.44. The average Bonchev–Trinajstić information content (AvgIpc) is 2.72. The van der Waals surface area contributed by atoms with Gasteiger partial charge in [0.15, 0.2) is 0 Å². The fourth-order valence-corrected chi connectivity index (χ4v) is 2.75. The van der Waals surface area contributed by atoms with E-state index >= 15 is 0 Å². The smallest absolute Gasteiger partial charge is 0.348 e. The van der Waals surface area contributed by atoms with E-state index in [0.29, 0.717) is 10.6 Å². The maximum Gasteiger partial charge on any atom is 0.348 e. The highest BCUT2D eigenvalue weighted by Gasteiger charge is 2.20. The quantitative estimate of drug-likeness (QED) is 0.876. The molecule has 100 valence electrons. The van der Waals surface area contributed by atoms with Crippen molar-refractivity contribution in [3.8, 4) is 10.4 Å². The highest BCUT2D eigenvalue weighted by Crippen LogP contribution is 2.35. The van der Waals surface area contributed by atoms with Gasteiger partial charge in [0.25, 0.3) is 0 Å². The molecule has 0 atom stereocenters. The van der Waals surface area contributed by atoms with Crippen LogP contribution in [0.5, 0.6) is 0 Å². The summed E-state index contributed by atoms with van der Waals surface area (Å²) in [7, 11) is 0. The largest absolute Gasteiger partial charge is 0.477 e. The summed E-state index contributed by atoms with van der Waals surface area (Å²) in [6.07, 6.45) is 0. The molecule has 3 nitrogen and oxygen atoms in total. The van der Waals surface area contributed by atoms with Crippen LogP contribution < -0.4 is 5.32 Å². The molecule has 0 aliphatic carbocycles. The number of rotatable bonds is 3. The lowest BCUT2D eigenvalue weighted by molar-refractivity contribution is 0.0703. The molecule has 0 unspecified atom stereocenters. The number of carboxylic acid groups (broad SMARTS) is 1. The second kappa shape index (κ2) is 5.05. The third kappa shape index (κ3) is 3.35. The molecule has 4 heteroatoms. The fraction of sp³-hybridized carbons (Fsp3) is 0.267. The van der Waals surface area contributed by atoms with Gasteiger partial charge in [-0.3, -0.25) is 0 Å². The van der Waals surface area contributed by atoms with Gasteiger partial charge in [-0.25, -0.2) is 4.79 Å². The Morgan fingerprint density at radius 3 is 2.37 bits per heavy atom. The van der Waals surface area contributed by atoms with Crippen molar-refractivity contribution in [2.45, 2.75) is 26.3 Å². The van der Waals surface area contributed by atoms with E-state index in [4.69, 9.17) is 0 Å². The maximum atomic E-state index is 11.3. The highest BCUT2D eigenvalue weighted by molar-refractivity contribution is 7.18. The van der Waals surface area contributed by atoms with E-state index in [1.54, 1.807) is 0 Å². The predicted molar refractivity (Wildman–Crippen MR) is 80.1 cm³/mol. The lowest BCUT2D eigenvalue weighted by atomic mass is 10.1. The summed E-state index contributed by atoms with van der Waals surface area (Å²) in [6.45, 7) is 6.04. The molecule has 1 heterocycles. The summed E-state index contributed by atoms with van der Waals surface area (Å²) in [5.41, 5.74) is 1.56. The molecule has 2 aromatic rings. The minimum absolute atomic E-state index is 0.167. The average molecular weight is 275 g/mol. The van der Waals surface area contributed by atoms with E-state index in [-0.39, 0.29) is 5.54 Å². The molecule has 1 aromatic carbocycles. The Morgan fingerprint density at radius 1 is 1.21 bits per heavy atom. The Bertz CT molecular complexity index is 582. The van der Waals surface area contributed by atoms with Crippen LogP contribution in [0.25, 0.3) is 10.4 Å². The van der Waals surface area contributed by atoms with Crippen molar-refractivity contribution in [1.82, 2.24) is 0 Å². The molecular formula is C15H17NO2S. The van der Waals surface area contributed by atoms with Gasteiger partial charge >= 0.3 is 5.97 Å². The highest BCUT2D eigenvalue weighted by atomic mass is 32.1. The Labute approximate surface area is 116 Å². The van der Waals surface area contributed by atoms with Gasteiger partial charge in [-0.05, 0) is 32.4 Å². The van der Waals surface area contributed by atoms with E-state index in [1.807, 2.05) is 57.2 Å². The van der Waals surface area contributed by atoms with Crippen LogP contribution in [0, 0.1) is 0 Å². The molecular weight excluding hydrogens is 258 g/mol. The number of nitrogens with one attached hydrogen (secondary N) is 1. The van der Waals surface area contributed by atoms with Gasteiger partial charge in [0.05, 0.1) is 5.69 Å². The van der Waals surface area contributed by atoms with Crippen LogP contribution in [0.4, 0.5) is 5.69 Å². The van der Waals surface area contributed by atoms with Crippen molar-refractivity contribution in [2.24, 2.45) is 0 Å². The van der Waals surface area contributed by atoms with Crippen LogP contribution in [-0.2, 0) is 0 Å². The van der Waals surface area contributed by atoms with Gasteiger partial charge in [-0.2, -0.15) is 0 Å². The molecule has 2 N–H and O–H groups in total. The van der Waals surface area contributed by atoms with E-state index < -0.39 is 5.97 Å². The second-order valence-electron chi connectivity index (χ2n) is 5.40. The zero-order chi connectivity index (χ0) is 14.0. The van der Waals surface area contributed by atoms with Crippen LogP contribution in [0.3, 0.4) is 0 Å². The van der Waals surface area contributed by atoms with Crippen molar-refractivity contribution in [2.75, 3.05) is 5.32 Å². The van der Waals surface area contributed by atoms with Crippen LogP contribution in [0.2, 0.25) is 0 Å². The van der Waals surface area contributed by atoms with E-state index in [0.717, 1.165) is 10.4 Å². The lowest BCUT2D eigenvalue weighted by Crippen LogP contribution is -2.26. The molecule has 0 aliphatic heterocycles. The number of aromatic carboxylic acids is 1. The van der Waals surface area contributed by atoms with Crippen LogP contribution in [0.15, 0.2) is 36.4 Å². The number of hydrogen-bond donors (Lipinski definition) is 2. The molecule has 0 aliphatic rings. The van der Waals surface area contributed by atoms with E-state index in [2.05, 4.69) is 5.32 Å². The van der Waals surface area contributed by atoms with E-state index in [9.17, 15) is 9.90 Å². The minimum atomic E-state index is -0.890. The van der Waals surface area contributed by atoms with Crippen molar-refractivity contribution >= 4 is 23.0 Å². The molecule has 1 aromatic heterocycles. The van der Waals surface area contributed by atoms with Crippen LogP contribution in [-0.4, -0.2) is 16.6 Å². The molecule has 0 spiro atoms. The van der Waals surface area contributed by atoms with Crippen molar-refractivity contribution in [3.63, 3.8) is 0 Å². The van der Waals surface area contributed by atoms with Crippen LogP contribution in [0.1, 0.15) is 30.4 Å². The number of benzene rings is 1. The molecule has 0 radical (unpaired) electrons. The van der Waals surface area contributed by atoms with E-state index in [1.165, 1.54) is 11.3 Å². The maximum absolute atomic E-state index is 11.3. The number of carbonyl (C=O) groups is 1. The second-order valence-corrected chi connectivity index (χ2v) is 6.45. The lowest BCUT2D eigenvalue weighted by Gasteiger charge is -2.21. The minimum Gasteiger partial charge on any atom is -0.477 e. The summed E-state index contributed by atoms with van der Waals surface area (Å²) in [6, 6.07) is 11.7. The number of carboxylic acids is 1. The number of hydrogen-bond acceptors (Lipinski definition) is 3. The van der Waals surface area contributed by atoms with Gasteiger partial charge < -0.3 is 10.4 Å². The normalized spacial score (nSPS) is 11.3. The fourth-order valence-electron chi connectivity index (χ4n) is 1.79. The molecule has 19 heavy (non-hydrogen) atoms. The monoisotopic (exact) mass is 275 g/mol. The first-order valence-electron chi connectivity index (χ1n) is 6.07. The molecule has 0 bridgehead atoms. The predicted octanol–water partition coefficient (Wildman–Crippen LogP) is 4.32. The summed E-state index contributed by atoms with van der Waals surface area (Å²) in [4.78, 5) is 12.6. The Morgan fingerprint density at radius 2 is 1.84 bits per heavy atom. The molecule has 2 rings (SSSR count). The third-order valence-electron chi connectivity index (χ3n) is 2.49. The van der Waals surface area contributed by atoms with Gasteiger partial charge in [0.1, 0.15) is 4.88 Å². The number of anilines is 1. The first-order valence-corrected chi connectivity index (χ1v) is 6.89. The first kappa shape index (κ1) is 13.6. The van der Waals surface area contributed by atoms with Gasteiger partial charge in [-0.1, -0.05) is 30.3 Å². The standard InChI is InChI=1S/C15H17NO2S/c1-15(2,3)16-11-9-12(19-13(11)14(17)18)10-7-5-4-6-8-10/h4-9,16H,1-3H3,(H,17,18). The van der Waals surface area contributed by atoms with Crippen molar-refractivity contribution in [3.05, 3.63) is 41.3 Å². The molecule has 0 saturated heterocycles. The summed E-state index contributed by atoms with van der Waals surface area (Å²) < 4.78 is 0. The SMILES string of the molecule is CC(C)(C)Nc1cc(-c2ccccc2)sc1C(=O)O. The van der Waals surface area contributed by atoms with Crippen LogP contribution >= 0.6 is 11.3 Å². The zero-order valence-corrected chi connectivity index (χ0v) is 12.0. The van der Waals surface area contributed by atoms with Crippen molar-refractivity contribution in [1.29, 1.82) is 0 Å². The Kier molecular flexibility index (Phi) is 3.62. The summed E-state index contributed by atoms with van der Waals surface area (Å²) in [5, 5.41) is 12.5. The molecule has 0 amide bonds. The number of thiophene rings is 1. The summed E-state index contributed by atoms with van der Waals surface area (Å²) in [5.74, 6) is -0.890. The third-order valence-corrected chi connectivity index (χ3v) is 3.67.